The summed E-state index contributed by atoms with van der Waals surface area (Å²) in [6, 6.07) is 6.83. The Morgan fingerprint density at radius 3 is 2.48 bits per heavy atom. The molecule has 1 aliphatic heterocycles. The summed E-state index contributed by atoms with van der Waals surface area (Å²) in [6.45, 7) is 0.603. The fourth-order valence-electron chi connectivity index (χ4n) is 3.63. The Morgan fingerprint density at radius 1 is 1.13 bits per heavy atom. The SMILES string of the molecule is COc1cc(C(=O)N2CCc3nc(-c4cccnc4)[nH]c(=O)c3C2)cc(OC)c1OC. The topological polar surface area (TPSA) is 107 Å². The van der Waals surface area contributed by atoms with Gasteiger partial charge in [0.2, 0.25) is 5.75 Å². The van der Waals surface area contributed by atoms with E-state index in [1.807, 2.05) is 6.07 Å². The zero-order valence-electron chi connectivity index (χ0n) is 17.5. The Hall–Kier alpha value is -3.88. The number of nitrogens with one attached hydrogen (secondary N) is 1. The van der Waals surface area contributed by atoms with Crippen LogP contribution in [0.4, 0.5) is 0 Å². The Morgan fingerprint density at radius 2 is 1.87 bits per heavy atom. The molecule has 4 rings (SSSR count). The second kappa shape index (κ2) is 8.47. The van der Waals surface area contributed by atoms with Crippen LogP contribution < -0.4 is 19.8 Å². The number of H-pyrrole nitrogens is 1. The molecule has 1 aromatic carbocycles. The molecule has 9 nitrogen and oxygen atoms in total. The van der Waals surface area contributed by atoms with Crippen molar-refractivity contribution in [2.45, 2.75) is 13.0 Å². The summed E-state index contributed by atoms with van der Waals surface area (Å²) in [5.41, 5.74) is 2.04. The molecule has 3 aromatic rings. The van der Waals surface area contributed by atoms with Crippen LogP contribution in [0.25, 0.3) is 11.4 Å². The van der Waals surface area contributed by atoms with E-state index in [1.165, 1.54) is 21.3 Å². The Balaban J connectivity index is 1.64. The van der Waals surface area contributed by atoms with Gasteiger partial charge in [-0.15, -0.1) is 0 Å². The van der Waals surface area contributed by atoms with Gasteiger partial charge in [0, 0.05) is 36.5 Å². The van der Waals surface area contributed by atoms with Gasteiger partial charge in [-0.25, -0.2) is 4.98 Å². The zero-order valence-corrected chi connectivity index (χ0v) is 17.5. The third kappa shape index (κ3) is 3.81. The van der Waals surface area contributed by atoms with Gasteiger partial charge < -0.3 is 24.1 Å². The van der Waals surface area contributed by atoms with E-state index in [4.69, 9.17) is 14.2 Å². The lowest BCUT2D eigenvalue weighted by Crippen LogP contribution is -2.39. The molecule has 9 heteroatoms. The van der Waals surface area contributed by atoms with Crippen LogP contribution in [0.3, 0.4) is 0 Å². The second-order valence-electron chi connectivity index (χ2n) is 6.97. The van der Waals surface area contributed by atoms with Crippen molar-refractivity contribution < 1.29 is 19.0 Å². The predicted molar refractivity (Wildman–Crippen MR) is 113 cm³/mol. The number of hydrogen-bond acceptors (Lipinski definition) is 7. The molecule has 0 radical (unpaired) electrons. The number of amides is 1. The van der Waals surface area contributed by atoms with Crippen LogP contribution in [0.1, 0.15) is 21.6 Å². The molecule has 0 unspecified atom stereocenters. The van der Waals surface area contributed by atoms with Gasteiger partial charge in [-0.1, -0.05) is 0 Å². The molecule has 3 heterocycles. The molecule has 0 saturated heterocycles. The molecule has 160 valence electrons. The van der Waals surface area contributed by atoms with Crippen molar-refractivity contribution in [3.63, 3.8) is 0 Å². The average Bonchev–Trinajstić information content (AvgIpc) is 2.82. The normalized spacial score (nSPS) is 12.8. The largest absolute Gasteiger partial charge is 0.493 e. The van der Waals surface area contributed by atoms with Crippen LogP contribution in [0.5, 0.6) is 17.2 Å². The summed E-state index contributed by atoms with van der Waals surface area (Å²) < 4.78 is 16.0. The third-order valence-corrected chi connectivity index (χ3v) is 5.20. The first-order valence-electron chi connectivity index (χ1n) is 9.67. The van der Waals surface area contributed by atoms with Crippen LogP contribution in [-0.2, 0) is 13.0 Å². The van der Waals surface area contributed by atoms with Crippen molar-refractivity contribution in [1.82, 2.24) is 19.9 Å². The van der Waals surface area contributed by atoms with E-state index in [0.29, 0.717) is 52.9 Å². The predicted octanol–water partition coefficient (Wildman–Crippen LogP) is 2.06. The summed E-state index contributed by atoms with van der Waals surface area (Å²) in [5.74, 6) is 1.43. The van der Waals surface area contributed by atoms with Gasteiger partial charge in [0.25, 0.3) is 11.5 Å². The minimum absolute atomic E-state index is 0.167. The smallest absolute Gasteiger partial charge is 0.256 e. The Bertz CT molecular complexity index is 1150. The maximum atomic E-state index is 13.2. The van der Waals surface area contributed by atoms with Gasteiger partial charge in [0.1, 0.15) is 5.82 Å². The minimum atomic E-state index is -0.258. The van der Waals surface area contributed by atoms with Gasteiger partial charge in [-0.05, 0) is 24.3 Å². The number of methoxy groups -OCH3 is 3. The highest BCUT2D eigenvalue weighted by Crippen LogP contribution is 2.38. The standard InChI is InChI=1S/C22H22N4O5/c1-29-17-9-14(10-18(30-2)19(17)31-3)22(28)26-8-6-16-15(12-26)21(27)25-20(24-16)13-5-4-7-23-11-13/h4-5,7,9-11H,6,8,12H2,1-3H3,(H,24,25,27). The second-order valence-corrected chi connectivity index (χ2v) is 6.97. The molecule has 1 amide bonds. The molecule has 0 atom stereocenters. The Kier molecular flexibility index (Phi) is 5.57. The lowest BCUT2D eigenvalue weighted by atomic mass is 10.0. The number of aromatic nitrogens is 3. The first-order valence-corrected chi connectivity index (χ1v) is 9.67. The number of fused-ring (bicyclic) bond motifs is 1. The van der Waals surface area contributed by atoms with Gasteiger partial charge in [0.15, 0.2) is 11.5 Å². The van der Waals surface area contributed by atoms with E-state index in [1.54, 1.807) is 35.5 Å². The maximum Gasteiger partial charge on any atom is 0.256 e. The van der Waals surface area contributed by atoms with Crippen LogP contribution in [0.15, 0.2) is 41.5 Å². The molecule has 0 saturated carbocycles. The van der Waals surface area contributed by atoms with Gasteiger partial charge in [0.05, 0.1) is 39.1 Å². The summed E-state index contributed by atoms with van der Waals surface area (Å²) in [4.78, 5) is 39.0. The van der Waals surface area contributed by atoms with E-state index in [0.717, 1.165) is 5.56 Å². The van der Waals surface area contributed by atoms with Crippen molar-refractivity contribution in [3.8, 4) is 28.6 Å². The minimum Gasteiger partial charge on any atom is -0.493 e. The Labute approximate surface area is 178 Å². The summed E-state index contributed by atoms with van der Waals surface area (Å²) in [5, 5.41) is 0. The number of carbonyl (C=O) groups is 1. The number of rotatable bonds is 5. The summed E-state index contributed by atoms with van der Waals surface area (Å²) in [7, 11) is 4.49. The van der Waals surface area contributed by atoms with E-state index in [2.05, 4.69) is 15.0 Å². The molecular weight excluding hydrogens is 400 g/mol. The van der Waals surface area contributed by atoms with Crippen molar-refractivity contribution in [2.24, 2.45) is 0 Å². The van der Waals surface area contributed by atoms with Crippen LogP contribution in [0, 0.1) is 0 Å². The fraction of sp³-hybridized carbons (Fsp3) is 0.273. The molecule has 0 fully saturated rings. The van der Waals surface area contributed by atoms with E-state index < -0.39 is 0 Å². The molecule has 0 spiro atoms. The van der Waals surface area contributed by atoms with Crippen molar-refractivity contribution in [1.29, 1.82) is 0 Å². The van der Waals surface area contributed by atoms with E-state index >= 15 is 0 Å². The zero-order chi connectivity index (χ0) is 22.0. The summed E-state index contributed by atoms with van der Waals surface area (Å²) in [6.07, 6.45) is 3.78. The molecule has 0 bridgehead atoms. The van der Waals surface area contributed by atoms with Gasteiger partial charge in [-0.2, -0.15) is 0 Å². The number of ether oxygens (including phenoxy) is 3. The van der Waals surface area contributed by atoms with Crippen LogP contribution in [-0.4, -0.2) is 53.6 Å². The lowest BCUT2D eigenvalue weighted by molar-refractivity contribution is 0.0731. The number of carbonyl (C=O) groups excluding carboxylic acids is 1. The number of hydrogen-bond donors (Lipinski definition) is 1. The maximum absolute atomic E-state index is 13.2. The molecule has 31 heavy (non-hydrogen) atoms. The van der Waals surface area contributed by atoms with Crippen LogP contribution >= 0.6 is 0 Å². The van der Waals surface area contributed by atoms with Gasteiger partial charge >= 0.3 is 0 Å². The van der Waals surface area contributed by atoms with Gasteiger partial charge in [-0.3, -0.25) is 14.6 Å². The highest BCUT2D eigenvalue weighted by Gasteiger charge is 2.27. The quantitative estimate of drug-likeness (QED) is 0.671. The molecule has 0 aliphatic carbocycles. The lowest BCUT2D eigenvalue weighted by Gasteiger charge is -2.28. The van der Waals surface area contributed by atoms with Crippen molar-refractivity contribution in [2.75, 3.05) is 27.9 Å². The first-order chi connectivity index (χ1) is 15.0. The molecule has 1 N–H and O–H groups in total. The highest BCUT2D eigenvalue weighted by atomic mass is 16.5. The average molecular weight is 422 g/mol. The highest BCUT2D eigenvalue weighted by molar-refractivity contribution is 5.95. The van der Waals surface area contributed by atoms with E-state index in [9.17, 15) is 9.59 Å². The monoisotopic (exact) mass is 422 g/mol. The first kappa shape index (κ1) is 20.4. The number of nitrogens with zero attached hydrogens (tertiary/aromatic N) is 3. The molecule has 2 aromatic heterocycles. The molecular formula is C22H22N4O5. The number of pyridine rings is 1. The molecule has 1 aliphatic rings. The third-order valence-electron chi connectivity index (χ3n) is 5.20. The van der Waals surface area contributed by atoms with E-state index in [-0.39, 0.29) is 18.0 Å². The van der Waals surface area contributed by atoms with Crippen molar-refractivity contribution in [3.05, 3.63) is 63.8 Å². The fourth-order valence-corrected chi connectivity index (χ4v) is 3.63. The summed E-state index contributed by atoms with van der Waals surface area (Å²) >= 11 is 0. The number of benzene rings is 1. The number of aromatic amines is 1. The van der Waals surface area contributed by atoms with Crippen molar-refractivity contribution >= 4 is 5.91 Å². The van der Waals surface area contributed by atoms with Crippen LogP contribution in [0.2, 0.25) is 0 Å².